The number of ether oxygens (including phenoxy) is 1. The molecule has 0 aliphatic carbocycles. The number of fused-ring (bicyclic) bond motifs is 1. The lowest BCUT2D eigenvalue weighted by Crippen LogP contribution is -2.36. The van der Waals surface area contributed by atoms with Gasteiger partial charge in [0, 0.05) is 13.1 Å². The summed E-state index contributed by atoms with van der Waals surface area (Å²) in [6.45, 7) is 4.90. The van der Waals surface area contributed by atoms with Gasteiger partial charge in [-0.15, -0.1) is 5.06 Å². The zero-order valence-corrected chi connectivity index (χ0v) is 8.36. The Morgan fingerprint density at radius 3 is 3.21 bits per heavy atom. The summed E-state index contributed by atoms with van der Waals surface area (Å²) in [7, 11) is 0. The largest absolute Gasteiger partial charge is 0.527 e. The van der Waals surface area contributed by atoms with Crippen molar-refractivity contribution in [3.63, 3.8) is 0 Å². The summed E-state index contributed by atoms with van der Waals surface area (Å²) >= 11 is 0. The van der Waals surface area contributed by atoms with Gasteiger partial charge >= 0.3 is 6.16 Å². The Hall–Kier alpha value is -0.810. The average Bonchev–Trinajstić information content (AvgIpc) is 2.70. The maximum absolute atomic E-state index is 11.1. The molecule has 2 unspecified atom stereocenters. The van der Waals surface area contributed by atoms with Crippen molar-refractivity contribution in [1.82, 2.24) is 10.4 Å². The van der Waals surface area contributed by atoms with Crippen LogP contribution in [0.25, 0.3) is 0 Å². The van der Waals surface area contributed by atoms with Gasteiger partial charge in [0.05, 0.1) is 12.6 Å². The highest BCUT2D eigenvalue weighted by Gasteiger charge is 2.40. The summed E-state index contributed by atoms with van der Waals surface area (Å²) in [6.07, 6.45) is 0.511. The molecule has 0 aromatic carbocycles. The molecule has 0 bridgehead atoms. The van der Waals surface area contributed by atoms with Crippen molar-refractivity contribution in [3.05, 3.63) is 0 Å². The molecule has 5 nitrogen and oxygen atoms in total. The molecule has 0 aromatic heterocycles. The minimum atomic E-state index is -0.583. The molecule has 2 heterocycles. The Labute approximate surface area is 83.3 Å². The first-order chi connectivity index (χ1) is 6.81. The van der Waals surface area contributed by atoms with Crippen molar-refractivity contribution in [1.29, 1.82) is 0 Å². The summed E-state index contributed by atoms with van der Waals surface area (Å²) in [6, 6.07) is 0.347. The molecule has 1 N–H and O–H groups in total. The van der Waals surface area contributed by atoms with Crippen molar-refractivity contribution in [3.8, 4) is 0 Å². The third-order valence-electron chi connectivity index (χ3n) is 2.85. The second kappa shape index (κ2) is 4.14. The maximum Gasteiger partial charge on any atom is 0.527 e. The molecule has 0 aromatic rings. The van der Waals surface area contributed by atoms with Gasteiger partial charge in [-0.3, -0.25) is 0 Å². The van der Waals surface area contributed by atoms with Crippen LogP contribution >= 0.6 is 0 Å². The van der Waals surface area contributed by atoms with Gasteiger partial charge in [-0.2, -0.15) is 0 Å². The quantitative estimate of drug-likeness (QED) is 0.652. The molecule has 2 aliphatic heterocycles. The summed E-state index contributed by atoms with van der Waals surface area (Å²) in [5.74, 6) is 0.629. The SMILES string of the molecule is CCOC(=O)ON1CCC2CNCC21. The van der Waals surface area contributed by atoms with E-state index in [-0.39, 0.29) is 0 Å². The van der Waals surface area contributed by atoms with Crippen LogP contribution in [0.3, 0.4) is 0 Å². The predicted octanol–water partition coefficient (Wildman–Crippen LogP) is 0.368. The minimum Gasteiger partial charge on any atom is -0.433 e. The molecule has 0 saturated carbocycles. The zero-order valence-electron chi connectivity index (χ0n) is 8.36. The van der Waals surface area contributed by atoms with Gasteiger partial charge in [-0.05, 0) is 25.8 Å². The van der Waals surface area contributed by atoms with Crippen LogP contribution in [0, 0.1) is 5.92 Å². The van der Waals surface area contributed by atoms with Gasteiger partial charge in [0.15, 0.2) is 0 Å². The number of hydrogen-bond donors (Lipinski definition) is 1. The van der Waals surface area contributed by atoms with E-state index in [1.54, 1.807) is 12.0 Å². The van der Waals surface area contributed by atoms with E-state index in [0.29, 0.717) is 18.6 Å². The Bertz CT molecular complexity index is 222. The molecule has 2 aliphatic rings. The van der Waals surface area contributed by atoms with Crippen LogP contribution in [-0.4, -0.2) is 43.5 Å². The topological polar surface area (TPSA) is 50.8 Å². The number of carbonyl (C=O) groups excluding carboxylic acids is 1. The number of hydrogen-bond acceptors (Lipinski definition) is 5. The number of hydroxylamine groups is 2. The molecular formula is C9H16N2O3. The highest BCUT2D eigenvalue weighted by Crippen LogP contribution is 2.27. The highest BCUT2D eigenvalue weighted by molar-refractivity contribution is 5.59. The summed E-state index contributed by atoms with van der Waals surface area (Å²) in [4.78, 5) is 16.2. The fraction of sp³-hybridized carbons (Fsp3) is 0.889. The molecule has 2 rings (SSSR count). The maximum atomic E-state index is 11.1. The van der Waals surface area contributed by atoms with Crippen LogP contribution in [0.15, 0.2) is 0 Å². The van der Waals surface area contributed by atoms with Crippen molar-refractivity contribution >= 4 is 6.16 Å². The summed E-state index contributed by atoms with van der Waals surface area (Å²) in [5, 5.41) is 5.04. The predicted molar refractivity (Wildman–Crippen MR) is 49.6 cm³/mol. The first-order valence-corrected chi connectivity index (χ1v) is 5.13. The first kappa shape index (κ1) is 9.73. The third kappa shape index (κ3) is 1.83. The molecule has 14 heavy (non-hydrogen) atoms. The summed E-state index contributed by atoms with van der Waals surface area (Å²) < 4.78 is 4.73. The van der Waals surface area contributed by atoms with Crippen LogP contribution in [0.1, 0.15) is 13.3 Å². The van der Waals surface area contributed by atoms with E-state index >= 15 is 0 Å². The molecule has 2 atom stereocenters. The second-order valence-electron chi connectivity index (χ2n) is 3.69. The lowest BCUT2D eigenvalue weighted by atomic mass is 10.1. The van der Waals surface area contributed by atoms with Crippen LogP contribution in [0.4, 0.5) is 4.79 Å². The molecule has 0 amide bonds. The van der Waals surface area contributed by atoms with Crippen molar-refractivity contribution in [2.75, 3.05) is 26.2 Å². The standard InChI is InChI=1S/C9H16N2O3/c1-2-13-9(12)14-11-4-3-7-5-10-6-8(7)11/h7-8,10H,2-6H2,1H3. The van der Waals surface area contributed by atoms with Crippen LogP contribution < -0.4 is 5.32 Å². The smallest absolute Gasteiger partial charge is 0.433 e. The van der Waals surface area contributed by atoms with E-state index in [1.807, 2.05) is 0 Å². The Balaban J connectivity index is 1.83. The first-order valence-electron chi connectivity index (χ1n) is 5.13. The van der Waals surface area contributed by atoms with Crippen LogP contribution in [-0.2, 0) is 9.57 Å². The van der Waals surface area contributed by atoms with Gasteiger partial charge in [-0.1, -0.05) is 0 Å². The number of carbonyl (C=O) groups is 1. The van der Waals surface area contributed by atoms with E-state index in [1.165, 1.54) is 0 Å². The van der Waals surface area contributed by atoms with Gasteiger partial charge in [-0.25, -0.2) is 4.79 Å². The monoisotopic (exact) mass is 200 g/mol. The van der Waals surface area contributed by atoms with Gasteiger partial charge in [0.1, 0.15) is 0 Å². The molecule has 0 radical (unpaired) electrons. The van der Waals surface area contributed by atoms with Crippen molar-refractivity contribution in [2.24, 2.45) is 5.92 Å². The van der Waals surface area contributed by atoms with E-state index in [2.05, 4.69) is 5.32 Å². The molecule has 0 spiro atoms. The molecule has 80 valence electrons. The fourth-order valence-corrected chi connectivity index (χ4v) is 2.16. The number of nitrogens with one attached hydrogen (secondary N) is 1. The average molecular weight is 200 g/mol. The van der Waals surface area contributed by atoms with E-state index < -0.39 is 6.16 Å². The Morgan fingerprint density at radius 2 is 2.43 bits per heavy atom. The number of nitrogens with zero attached hydrogens (tertiary/aromatic N) is 1. The number of rotatable bonds is 2. The lowest BCUT2D eigenvalue weighted by Gasteiger charge is -2.20. The highest BCUT2D eigenvalue weighted by atomic mass is 16.8. The van der Waals surface area contributed by atoms with E-state index in [4.69, 9.17) is 9.57 Å². The van der Waals surface area contributed by atoms with Gasteiger partial charge in [0.2, 0.25) is 0 Å². The zero-order chi connectivity index (χ0) is 9.97. The lowest BCUT2D eigenvalue weighted by molar-refractivity contribution is -0.135. The van der Waals surface area contributed by atoms with Crippen LogP contribution in [0.2, 0.25) is 0 Å². The second-order valence-corrected chi connectivity index (χ2v) is 3.69. The molecule has 2 saturated heterocycles. The van der Waals surface area contributed by atoms with Crippen molar-refractivity contribution in [2.45, 2.75) is 19.4 Å². The van der Waals surface area contributed by atoms with Gasteiger partial charge in [0.25, 0.3) is 0 Å². The minimum absolute atomic E-state index is 0.347. The van der Waals surface area contributed by atoms with Gasteiger partial charge < -0.3 is 14.9 Å². The molecule has 2 fully saturated rings. The van der Waals surface area contributed by atoms with Crippen LogP contribution in [0.5, 0.6) is 0 Å². The van der Waals surface area contributed by atoms with E-state index in [0.717, 1.165) is 26.1 Å². The van der Waals surface area contributed by atoms with Crippen molar-refractivity contribution < 1.29 is 14.4 Å². The Morgan fingerprint density at radius 1 is 1.57 bits per heavy atom. The molecule has 5 heteroatoms. The normalized spacial score (nSPS) is 31.5. The molecular weight excluding hydrogens is 184 g/mol. The Kier molecular flexibility index (Phi) is 2.88. The third-order valence-corrected chi connectivity index (χ3v) is 2.85. The van der Waals surface area contributed by atoms with E-state index in [9.17, 15) is 4.79 Å². The fourth-order valence-electron chi connectivity index (χ4n) is 2.16. The summed E-state index contributed by atoms with van der Waals surface area (Å²) in [5.41, 5.74) is 0.